The third kappa shape index (κ3) is 30.0. The molecule has 0 amide bonds. The molecule has 0 aromatic rings. The van der Waals surface area contributed by atoms with Gasteiger partial charge in [0.2, 0.25) is 0 Å². The second kappa shape index (κ2) is 23.1. The average molecular weight is 356 g/mol. The first-order valence-electron chi connectivity index (χ1n) is 7.73. The third-order valence-corrected chi connectivity index (χ3v) is 3.75. The number of unbranched alkanes of at least 4 members (excludes halogenated alkanes) is 11. The second-order valence-corrected chi connectivity index (χ2v) is 6.32. The maximum Gasteiger partial charge on any atom is 1.00 e. The molecule has 0 bridgehead atoms. The largest absolute Gasteiger partial charge is 1.00 e. The van der Waals surface area contributed by atoms with Gasteiger partial charge in [-0.2, -0.15) is 0 Å². The summed E-state index contributed by atoms with van der Waals surface area (Å²) in [5, 5.41) is 0. The van der Waals surface area contributed by atoms with E-state index in [9.17, 15) is 14.4 Å². The molecule has 0 atom stereocenters. The Kier molecular flexibility index (Phi) is 33.4. The number of phosphoric ester groups is 1. The number of hydrogen-bond donors (Lipinski definition) is 0. The molecule has 0 unspecified atom stereocenters. The SMILES string of the molecule is CCCCCCCCCCCCCCOP(=O)([O-])[O-].O.[Na+].[Na+]. The third-order valence-electron chi connectivity index (χ3n) is 3.25. The maximum absolute atomic E-state index is 10.2. The molecule has 0 aliphatic heterocycles. The summed E-state index contributed by atoms with van der Waals surface area (Å²) in [6.07, 6.45) is 14.6. The van der Waals surface area contributed by atoms with E-state index >= 15 is 0 Å². The Balaban J connectivity index is -0.000000540. The summed E-state index contributed by atoms with van der Waals surface area (Å²) in [6.45, 7) is 2.28. The van der Waals surface area contributed by atoms with E-state index in [1.54, 1.807) is 0 Å². The van der Waals surface area contributed by atoms with Gasteiger partial charge >= 0.3 is 59.1 Å². The van der Waals surface area contributed by atoms with Gasteiger partial charge in [-0.05, 0) is 6.42 Å². The first kappa shape index (κ1) is 31.8. The molecule has 5 nitrogen and oxygen atoms in total. The van der Waals surface area contributed by atoms with Crippen LogP contribution in [0, 0.1) is 0 Å². The molecule has 8 heteroatoms. The fourth-order valence-electron chi connectivity index (χ4n) is 2.12. The maximum atomic E-state index is 10.2. The van der Waals surface area contributed by atoms with Gasteiger partial charge in [0, 0.05) is 0 Å². The Morgan fingerprint density at radius 2 is 1.05 bits per heavy atom. The van der Waals surface area contributed by atoms with E-state index in [0.717, 1.165) is 12.8 Å². The zero-order valence-corrected chi connectivity index (χ0v) is 19.7. The van der Waals surface area contributed by atoms with Gasteiger partial charge in [-0.1, -0.05) is 77.6 Å². The minimum atomic E-state index is -4.75. The van der Waals surface area contributed by atoms with E-state index in [4.69, 9.17) is 0 Å². The van der Waals surface area contributed by atoms with E-state index in [0.29, 0.717) is 6.42 Å². The Bertz CT molecular complexity index is 239. The number of rotatable bonds is 14. The molecule has 0 heterocycles. The van der Waals surface area contributed by atoms with Crippen molar-refractivity contribution in [1.29, 1.82) is 0 Å². The van der Waals surface area contributed by atoms with Gasteiger partial charge in [0.05, 0.1) is 14.4 Å². The van der Waals surface area contributed by atoms with Crippen molar-refractivity contribution >= 4 is 7.82 Å². The fourth-order valence-corrected chi connectivity index (χ4v) is 2.47. The van der Waals surface area contributed by atoms with E-state index < -0.39 is 7.82 Å². The average Bonchev–Trinajstić information content (AvgIpc) is 2.34. The van der Waals surface area contributed by atoms with Crippen LogP contribution in [0.3, 0.4) is 0 Å². The molecule has 22 heavy (non-hydrogen) atoms. The first-order valence-corrected chi connectivity index (χ1v) is 9.19. The van der Waals surface area contributed by atoms with Crippen molar-refractivity contribution in [2.45, 2.75) is 84.0 Å². The van der Waals surface area contributed by atoms with Gasteiger partial charge in [0.15, 0.2) is 0 Å². The van der Waals surface area contributed by atoms with Crippen molar-refractivity contribution < 1.29 is 83.5 Å². The van der Waals surface area contributed by atoms with Crippen molar-refractivity contribution in [2.75, 3.05) is 6.61 Å². The van der Waals surface area contributed by atoms with Gasteiger partial charge in [0.1, 0.15) is 0 Å². The standard InChI is InChI=1S/C14H31O4P.2Na.H2O/c1-2-3-4-5-6-7-8-9-10-11-12-13-14-18-19(15,16)17;;;/h2-14H2,1H3,(H2,15,16,17);;;1H2/q;2*+1;/p-2. The Morgan fingerprint density at radius 1 is 0.727 bits per heavy atom. The van der Waals surface area contributed by atoms with Crippen LogP contribution in [0.1, 0.15) is 84.0 Å². The molecular formula is C14H31Na2O5P. The van der Waals surface area contributed by atoms with Crippen molar-refractivity contribution in [3.8, 4) is 0 Å². The molecule has 0 aliphatic rings. The summed E-state index contributed by atoms with van der Waals surface area (Å²) in [5.74, 6) is 0. The molecule has 0 aromatic heterocycles. The summed E-state index contributed by atoms with van der Waals surface area (Å²) >= 11 is 0. The second-order valence-electron chi connectivity index (χ2n) is 5.17. The van der Waals surface area contributed by atoms with E-state index in [2.05, 4.69) is 11.4 Å². The van der Waals surface area contributed by atoms with Gasteiger partial charge < -0.3 is 24.4 Å². The number of hydrogen-bond acceptors (Lipinski definition) is 4. The zero-order valence-electron chi connectivity index (χ0n) is 14.8. The van der Waals surface area contributed by atoms with Crippen LogP contribution < -0.4 is 68.9 Å². The van der Waals surface area contributed by atoms with Crippen LogP contribution in [0.5, 0.6) is 0 Å². The van der Waals surface area contributed by atoms with Crippen LogP contribution in [-0.2, 0) is 9.09 Å². The van der Waals surface area contributed by atoms with Crippen LogP contribution in [-0.4, -0.2) is 12.1 Å². The molecule has 0 radical (unpaired) electrons. The first-order chi connectivity index (χ1) is 9.06. The smallest absolute Gasteiger partial charge is 0.790 e. The molecule has 0 fully saturated rings. The van der Waals surface area contributed by atoms with Gasteiger partial charge in [-0.15, -0.1) is 0 Å². The van der Waals surface area contributed by atoms with Crippen LogP contribution in [0.15, 0.2) is 0 Å². The Hall–Kier alpha value is 2.07. The van der Waals surface area contributed by atoms with E-state index in [1.807, 2.05) is 0 Å². The summed E-state index contributed by atoms with van der Waals surface area (Å²) in [5.41, 5.74) is 0. The van der Waals surface area contributed by atoms with Crippen molar-refractivity contribution in [3.63, 3.8) is 0 Å². The summed E-state index contributed by atoms with van der Waals surface area (Å²) in [6, 6.07) is 0. The van der Waals surface area contributed by atoms with Gasteiger partial charge in [-0.3, -0.25) is 0 Å². The van der Waals surface area contributed by atoms with Gasteiger partial charge in [-0.25, -0.2) is 0 Å². The van der Waals surface area contributed by atoms with Crippen molar-refractivity contribution in [3.05, 3.63) is 0 Å². The molecule has 0 saturated carbocycles. The monoisotopic (exact) mass is 356 g/mol. The van der Waals surface area contributed by atoms with Crippen LogP contribution >= 0.6 is 7.82 Å². The van der Waals surface area contributed by atoms with Crippen LogP contribution in [0.4, 0.5) is 0 Å². The molecule has 0 rings (SSSR count). The molecular weight excluding hydrogens is 325 g/mol. The van der Waals surface area contributed by atoms with Gasteiger partial charge in [0.25, 0.3) is 0 Å². The van der Waals surface area contributed by atoms with Crippen molar-refractivity contribution in [2.24, 2.45) is 0 Å². The van der Waals surface area contributed by atoms with E-state index in [-0.39, 0.29) is 71.2 Å². The molecule has 124 valence electrons. The molecule has 0 aromatic carbocycles. The topological polar surface area (TPSA) is 104 Å². The van der Waals surface area contributed by atoms with Crippen molar-refractivity contribution in [1.82, 2.24) is 0 Å². The minimum absolute atomic E-state index is 0. The number of phosphoric acid groups is 1. The molecule has 0 aliphatic carbocycles. The van der Waals surface area contributed by atoms with E-state index in [1.165, 1.54) is 57.8 Å². The molecule has 0 saturated heterocycles. The van der Waals surface area contributed by atoms with Crippen LogP contribution in [0.2, 0.25) is 0 Å². The summed E-state index contributed by atoms with van der Waals surface area (Å²) in [4.78, 5) is 20.4. The normalized spacial score (nSPS) is 10.3. The van der Waals surface area contributed by atoms with Crippen LogP contribution in [0.25, 0.3) is 0 Å². The Labute approximate surface area is 180 Å². The quantitative estimate of drug-likeness (QED) is 0.185. The summed E-state index contributed by atoms with van der Waals surface area (Å²) < 4.78 is 14.3. The fraction of sp³-hybridized carbons (Fsp3) is 1.00. The summed E-state index contributed by atoms with van der Waals surface area (Å²) in [7, 11) is -4.75. The predicted octanol–water partition coefficient (Wildman–Crippen LogP) is -3.28. The predicted molar refractivity (Wildman–Crippen MR) is 78.3 cm³/mol. The minimum Gasteiger partial charge on any atom is -0.790 e. The Morgan fingerprint density at radius 3 is 1.36 bits per heavy atom. The molecule has 2 N–H and O–H groups in total. The molecule has 0 spiro atoms. The zero-order chi connectivity index (χ0) is 14.4.